The molecule has 0 radical (unpaired) electrons. The zero-order chi connectivity index (χ0) is 14.1. The molecule has 2 unspecified atom stereocenters. The molecule has 108 valence electrons. The third-order valence-corrected chi connectivity index (χ3v) is 4.74. The number of aromatic nitrogens is 1. The molecule has 6 nitrogen and oxygen atoms in total. The van der Waals surface area contributed by atoms with E-state index in [-0.39, 0.29) is 5.82 Å². The summed E-state index contributed by atoms with van der Waals surface area (Å²) in [7, 11) is 2.22. The second-order valence-corrected chi connectivity index (χ2v) is 5.90. The highest BCUT2D eigenvalue weighted by atomic mass is 16.6. The Morgan fingerprint density at radius 1 is 1.45 bits per heavy atom. The summed E-state index contributed by atoms with van der Waals surface area (Å²) in [5, 5.41) is 14.2. The van der Waals surface area contributed by atoms with E-state index in [1.807, 2.05) is 0 Å². The minimum Gasteiger partial charge on any atom is -0.378 e. The van der Waals surface area contributed by atoms with Crippen molar-refractivity contribution in [2.75, 3.05) is 18.9 Å². The number of fused-ring (bicyclic) bond motifs is 2. The second-order valence-electron chi connectivity index (χ2n) is 5.90. The fraction of sp³-hybridized carbons (Fsp3) is 0.643. The average molecular weight is 276 g/mol. The lowest BCUT2D eigenvalue weighted by atomic mass is 9.91. The summed E-state index contributed by atoms with van der Waals surface area (Å²) in [6.45, 7) is 0.799. The summed E-state index contributed by atoms with van der Waals surface area (Å²) in [5.41, 5.74) is 0.531. The lowest BCUT2D eigenvalue weighted by Gasteiger charge is -2.36. The lowest BCUT2D eigenvalue weighted by molar-refractivity contribution is -0.388. The molecule has 0 amide bonds. The molecule has 1 aromatic heterocycles. The topological polar surface area (TPSA) is 71.3 Å². The summed E-state index contributed by atoms with van der Waals surface area (Å²) in [6, 6.07) is 4.86. The number of pyridine rings is 1. The molecule has 20 heavy (non-hydrogen) atoms. The third kappa shape index (κ3) is 2.47. The standard InChI is InChI=1S/C14H20N4O2/c1-17-11-4-5-12(17)8-10(7-11)9-16-13-3-2-6-15-14(13)18(19)20/h2-3,6,10-12,16H,4-5,7-9H2,1H3. The number of rotatable bonds is 4. The van der Waals surface area contributed by atoms with E-state index in [2.05, 4.69) is 22.2 Å². The van der Waals surface area contributed by atoms with Crippen LogP contribution in [0.25, 0.3) is 0 Å². The first-order valence-electron chi connectivity index (χ1n) is 7.20. The quantitative estimate of drug-likeness (QED) is 0.674. The number of nitrogens with one attached hydrogen (secondary N) is 1. The first kappa shape index (κ1) is 13.3. The van der Waals surface area contributed by atoms with Gasteiger partial charge >= 0.3 is 5.82 Å². The minimum atomic E-state index is -0.430. The SMILES string of the molecule is CN1C2CCC1CC(CNc1cccnc1[N+](=O)[O-])C2. The highest BCUT2D eigenvalue weighted by molar-refractivity contribution is 5.56. The first-order valence-corrected chi connectivity index (χ1v) is 7.20. The molecule has 0 aromatic carbocycles. The Morgan fingerprint density at radius 2 is 2.15 bits per heavy atom. The zero-order valence-corrected chi connectivity index (χ0v) is 11.7. The summed E-state index contributed by atoms with van der Waals surface area (Å²) in [5.74, 6) is 0.520. The first-order chi connectivity index (χ1) is 9.65. The van der Waals surface area contributed by atoms with Crippen LogP contribution in [0.3, 0.4) is 0 Å². The van der Waals surface area contributed by atoms with Gasteiger partial charge in [-0.05, 0) is 60.7 Å². The van der Waals surface area contributed by atoms with Crippen molar-refractivity contribution < 1.29 is 4.92 Å². The van der Waals surface area contributed by atoms with Crippen molar-refractivity contribution in [3.8, 4) is 0 Å². The minimum absolute atomic E-state index is 0.0802. The molecule has 2 aliphatic heterocycles. The summed E-state index contributed by atoms with van der Waals surface area (Å²) < 4.78 is 0. The van der Waals surface area contributed by atoms with Gasteiger partial charge in [-0.2, -0.15) is 0 Å². The van der Waals surface area contributed by atoms with Crippen molar-refractivity contribution in [1.29, 1.82) is 0 Å². The Morgan fingerprint density at radius 3 is 2.80 bits per heavy atom. The normalized spacial score (nSPS) is 29.4. The highest BCUT2D eigenvalue weighted by Gasteiger charge is 2.38. The molecule has 2 bridgehead atoms. The Hall–Kier alpha value is -1.69. The number of nitrogens with zero attached hydrogens (tertiary/aromatic N) is 3. The van der Waals surface area contributed by atoms with Crippen molar-refractivity contribution in [2.45, 2.75) is 37.8 Å². The zero-order valence-electron chi connectivity index (χ0n) is 11.7. The van der Waals surface area contributed by atoms with E-state index in [0.29, 0.717) is 23.7 Å². The molecule has 6 heteroatoms. The van der Waals surface area contributed by atoms with Crippen LogP contribution in [0.5, 0.6) is 0 Å². The van der Waals surface area contributed by atoms with E-state index in [1.54, 1.807) is 12.1 Å². The van der Waals surface area contributed by atoms with Crippen molar-refractivity contribution in [3.05, 3.63) is 28.4 Å². The molecule has 3 rings (SSSR count). The van der Waals surface area contributed by atoms with Gasteiger partial charge in [-0.15, -0.1) is 0 Å². The molecule has 3 heterocycles. The van der Waals surface area contributed by atoms with E-state index in [9.17, 15) is 10.1 Å². The molecule has 2 aliphatic rings. The van der Waals surface area contributed by atoms with Crippen molar-refractivity contribution in [1.82, 2.24) is 9.88 Å². The Kier molecular flexibility index (Phi) is 3.56. The van der Waals surface area contributed by atoms with Crippen LogP contribution in [0.2, 0.25) is 0 Å². The van der Waals surface area contributed by atoms with Crippen LogP contribution >= 0.6 is 0 Å². The van der Waals surface area contributed by atoms with Gasteiger partial charge < -0.3 is 20.3 Å². The maximum atomic E-state index is 10.9. The van der Waals surface area contributed by atoms with Crippen LogP contribution in [0.4, 0.5) is 11.5 Å². The fourth-order valence-corrected chi connectivity index (χ4v) is 3.63. The van der Waals surface area contributed by atoms with Gasteiger partial charge in [0, 0.05) is 18.6 Å². The van der Waals surface area contributed by atoms with Crippen LogP contribution in [-0.4, -0.2) is 40.5 Å². The maximum Gasteiger partial charge on any atom is 0.386 e. The lowest BCUT2D eigenvalue weighted by Crippen LogP contribution is -2.41. The van der Waals surface area contributed by atoms with E-state index < -0.39 is 4.92 Å². The average Bonchev–Trinajstić information content (AvgIpc) is 2.66. The predicted molar refractivity (Wildman–Crippen MR) is 76.7 cm³/mol. The predicted octanol–water partition coefficient (Wildman–Crippen LogP) is 2.27. The second kappa shape index (κ2) is 5.36. The molecule has 0 aliphatic carbocycles. The molecule has 2 atom stereocenters. The van der Waals surface area contributed by atoms with E-state index in [0.717, 1.165) is 6.54 Å². The number of piperidine rings is 1. The molecule has 0 spiro atoms. The van der Waals surface area contributed by atoms with Crippen LogP contribution < -0.4 is 5.32 Å². The van der Waals surface area contributed by atoms with Crippen LogP contribution in [0.1, 0.15) is 25.7 Å². The smallest absolute Gasteiger partial charge is 0.378 e. The van der Waals surface area contributed by atoms with Crippen molar-refractivity contribution in [2.24, 2.45) is 5.92 Å². The van der Waals surface area contributed by atoms with E-state index in [4.69, 9.17) is 0 Å². The molecular formula is C14H20N4O2. The molecule has 2 saturated heterocycles. The van der Waals surface area contributed by atoms with Crippen molar-refractivity contribution in [3.63, 3.8) is 0 Å². The largest absolute Gasteiger partial charge is 0.386 e. The van der Waals surface area contributed by atoms with Gasteiger partial charge in [0.1, 0.15) is 11.9 Å². The number of anilines is 1. The third-order valence-electron chi connectivity index (χ3n) is 4.74. The summed E-state index contributed by atoms with van der Waals surface area (Å²) in [6.07, 6.45) is 6.43. The molecule has 1 aromatic rings. The summed E-state index contributed by atoms with van der Waals surface area (Å²) >= 11 is 0. The Balaban J connectivity index is 1.62. The number of hydrogen-bond donors (Lipinski definition) is 1. The van der Waals surface area contributed by atoms with Gasteiger partial charge in [-0.1, -0.05) is 0 Å². The molecule has 0 saturated carbocycles. The Bertz CT molecular complexity index is 494. The number of hydrogen-bond acceptors (Lipinski definition) is 5. The van der Waals surface area contributed by atoms with Gasteiger partial charge in [-0.3, -0.25) is 0 Å². The molecule has 1 N–H and O–H groups in total. The van der Waals surface area contributed by atoms with E-state index >= 15 is 0 Å². The molecule has 2 fully saturated rings. The maximum absolute atomic E-state index is 10.9. The molecular weight excluding hydrogens is 256 g/mol. The van der Waals surface area contributed by atoms with Crippen LogP contribution in [-0.2, 0) is 0 Å². The van der Waals surface area contributed by atoms with Gasteiger partial charge in [-0.25, -0.2) is 0 Å². The van der Waals surface area contributed by atoms with Gasteiger partial charge in [0.15, 0.2) is 0 Å². The van der Waals surface area contributed by atoms with Gasteiger partial charge in [0.25, 0.3) is 0 Å². The van der Waals surface area contributed by atoms with Crippen LogP contribution in [0, 0.1) is 16.0 Å². The highest BCUT2D eigenvalue weighted by Crippen LogP contribution is 2.37. The van der Waals surface area contributed by atoms with Gasteiger partial charge in [0.2, 0.25) is 0 Å². The number of nitro groups is 1. The van der Waals surface area contributed by atoms with Crippen molar-refractivity contribution >= 4 is 11.5 Å². The van der Waals surface area contributed by atoms with Gasteiger partial charge in [0.05, 0.1) is 0 Å². The fourth-order valence-electron chi connectivity index (χ4n) is 3.63. The Labute approximate surface area is 118 Å². The van der Waals surface area contributed by atoms with Crippen LogP contribution in [0.15, 0.2) is 18.3 Å². The summed E-state index contributed by atoms with van der Waals surface area (Å²) in [4.78, 5) is 16.8. The monoisotopic (exact) mass is 276 g/mol. The van der Waals surface area contributed by atoms with E-state index in [1.165, 1.54) is 31.9 Å².